The molecule has 0 aliphatic carbocycles. The van der Waals surface area contributed by atoms with Gasteiger partial charge in [-0.3, -0.25) is 0 Å². The van der Waals surface area contributed by atoms with Gasteiger partial charge in [0.25, 0.3) is 0 Å². The van der Waals surface area contributed by atoms with Crippen LogP contribution in [0.2, 0.25) is 0 Å². The maximum atomic E-state index is 13.7. The van der Waals surface area contributed by atoms with Crippen LogP contribution in [0.5, 0.6) is 0 Å². The van der Waals surface area contributed by atoms with Gasteiger partial charge in [-0.25, -0.2) is 17.2 Å². The first-order valence-electron chi connectivity index (χ1n) is 5.80. The fraction of sp³-hybridized carbons (Fsp3) is 0.143. The monoisotopic (exact) mass is 297 g/mol. The molecule has 2 rings (SSSR count). The van der Waals surface area contributed by atoms with Crippen LogP contribution >= 0.6 is 0 Å². The van der Waals surface area contributed by atoms with E-state index in [-0.39, 0.29) is 10.5 Å². The molecule has 2 aromatic carbocycles. The number of benzene rings is 2. The molecule has 0 saturated heterocycles. The van der Waals surface area contributed by atoms with Crippen LogP contribution in [-0.4, -0.2) is 14.7 Å². The Hall–Kier alpha value is -1.79. The summed E-state index contributed by atoms with van der Waals surface area (Å²) in [7, 11) is -3.38. The normalized spacial score (nSPS) is 13.2. The van der Waals surface area contributed by atoms with Crippen LogP contribution in [0.1, 0.15) is 17.2 Å². The molecule has 0 aliphatic heterocycles. The highest BCUT2D eigenvalue weighted by molar-refractivity contribution is 7.90. The van der Waals surface area contributed by atoms with Crippen molar-refractivity contribution in [3.8, 4) is 0 Å². The van der Waals surface area contributed by atoms with E-state index in [9.17, 15) is 17.2 Å². The first-order chi connectivity index (χ1) is 9.30. The molecular formula is C14H13F2NO2S. The minimum absolute atomic E-state index is 0.0179. The van der Waals surface area contributed by atoms with Gasteiger partial charge < -0.3 is 5.73 Å². The quantitative estimate of drug-likeness (QED) is 0.946. The van der Waals surface area contributed by atoms with Gasteiger partial charge >= 0.3 is 0 Å². The summed E-state index contributed by atoms with van der Waals surface area (Å²) in [5.74, 6) is -2.01. The second kappa shape index (κ2) is 5.30. The van der Waals surface area contributed by atoms with Gasteiger partial charge in [0.05, 0.1) is 10.9 Å². The second-order valence-corrected chi connectivity index (χ2v) is 6.48. The van der Waals surface area contributed by atoms with Crippen LogP contribution < -0.4 is 5.73 Å². The van der Waals surface area contributed by atoms with Gasteiger partial charge in [0, 0.05) is 11.8 Å². The van der Waals surface area contributed by atoms with Crippen molar-refractivity contribution >= 4 is 9.84 Å². The maximum absolute atomic E-state index is 13.7. The smallest absolute Gasteiger partial charge is 0.175 e. The number of hydrogen-bond donors (Lipinski definition) is 1. The first-order valence-corrected chi connectivity index (χ1v) is 7.69. The molecule has 0 fully saturated rings. The molecule has 0 spiro atoms. The molecule has 20 heavy (non-hydrogen) atoms. The van der Waals surface area contributed by atoms with Crippen molar-refractivity contribution < 1.29 is 17.2 Å². The Balaban J connectivity index is 2.49. The Morgan fingerprint density at radius 1 is 1.10 bits per heavy atom. The van der Waals surface area contributed by atoms with Crippen molar-refractivity contribution in [1.29, 1.82) is 0 Å². The molecule has 3 nitrogen and oxygen atoms in total. The number of halogens is 2. The molecule has 0 saturated carbocycles. The second-order valence-electron chi connectivity index (χ2n) is 4.47. The summed E-state index contributed by atoms with van der Waals surface area (Å²) in [6.07, 6.45) is 1.07. The van der Waals surface area contributed by atoms with Crippen molar-refractivity contribution in [2.24, 2.45) is 5.73 Å². The van der Waals surface area contributed by atoms with Gasteiger partial charge in [0.2, 0.25) is 0 Å². The van der Waals surface area contributed by atoms with E-state index in [1.807, 2.05) is 0 Å². The van der Waals surface area contributed by atoms with Crippen LogP contribution in [0, 0.1) is 11.6 Å². The fourth-order valence-corrected chi connectivity index (χ4v) is 2.55. The van der Waals surface area contributed by atoms with Crippen LogP contribution in [0.25, 0.3) is 0 Å². The molecule has 0 radical (unpaired) electrons. The lowest BCUT2D eigenvalue weighted by Crippen LogP contribution is -2.15. The lowest BCUT2D eigenvalue weighted by molar-refractivity contribution is 0.494. The zero-order chi connectivity index (χ0) is 14.9. The minimum Gasteiger partial charge on any atom is -0.320 e. The van der Waals surface area contributed by atoms with Crippen molar-refractivity contribution in [3.63, 3.8) is 0 Å². The Labute approximate surface area is 116 Å². The van der Waals surface area contributed by atoms with Crippen molar-refractivity contribution in [1.82, 2.24) is 0 Å². The first kappa shape index (κ1) is 14.6. The van der Waals surface area contributed by atoms with Crippen molar-refractivity contribution in [3.05, 3.63) is 65.2 Å². The van der Waals surface area contributed by atoms with Crippen LogP contribution in [-0.2, 0) is 9.84 Å². The van der Waals surface area contributed by atoms with Crippen LogP contribution in [0.3, 0.4) is 0 Å². The Morgan fingerprint density at radius 2 is 1.75 bits per heavy atom. The molecule has 1 atom stereocenters. The Morgan fingerprint density at radius 3 is 2.40 bits per heavy atom. The average molecular weight is 297 g/mol. The summed E-state index contributed by atoms with van der Waals surface area (Å²) in [4.78, 5) is 0.0854. The maximum Gasteiger partial charge on any atom is 0.175 e. The molecule has 0 heterocycles. The summed E-state index contributed by atoms with van der Waals surface area (Å²) in [6.45, 7) is 0. The molecule has 0 aliphatic rings. The number of sulfone groups is 1. The van der Waals surface area contributed by atoms with Gasteiger partial charge in [-0.1, -0.05) is 24.3 Å². The lowest BCUT2D eigenvalue weighted by atomic mass is 9.99. The van der Waals surface area contributed by atoms with E-state index >= 15 is 0 Å². The van der Waals surface area contributed by atoms with Crippen LogP contribution in [0.15, 0.2) is 47.4 Å². The molecule has 2 N–H and O–H groups in total. The van der Waals surface area contributed by atoms with Gasteiger partial charge in [0.1, 0.15) is 0 Å². The summed E-state index contributed by atoms with van der Waals surface area (Å²) in [5.41, 5.74) is 6.28. The van der Waals surface area contributed by atoms with Gasteiger partial charge in [-0.15, -0.1) is 0 Å². The van der Waals surface area contributed by atoms with E-state index in [1.54, 1.807) is 6.07 Å². The molecule has 2 aromatic rings. The van der Waals surface area contributed by atoms with Crippen molar-refractivity contribution in [2.45, 2.75) is 10.9 Å². The van der Waals surface area contributed by atoms with Gasteiger partial charge in [-0.2, -0.15) is 0 Å². The number of rotatable bonds is 3. The Bertz CT molecular complexity index is 745. The third-order valence-electron chi connectivity index (χ3n) is 2.96. The minimum atomic E-state index is -3.38. The SMILES string of the molecule is CS(=O)(=O)c1cccc(C(N)c2cccc(F)c2F)c1. The van der Waals surface area contributed by atoms with Crippen molar-refractivity contribution in [2.75, 3.05) is 6.26 Å². The van der Waals surface area contributed by atoms with E-state index < -0.39 is 27.5 Å². The zero-order valence-corrected chi connectivity index (χ0v) is 11.5. The third kappa shape index (κ3) is 2.86. The third-order valence-corrected chi connectivity index (χ3v) is 4.07. The molecule has 6 heteroatoms. The standard InChI is InChI=1S/C14H13F2NO2S/c1-20(18,19)10-5-2-4-9(8-10)14(17)11-6-3-7-12(15)13(11)16/h2-8,14H,17H2,1H3. The highest BCUT2D eigenvalue weighted by Crippen LogP contribution is 2.25. The number of hydrogen-bond acceptors (Lipinski definition) is 3. The van der Waals surface area contributed by atoms with E-state index in [0.29, 0.717) is 5.56 Å². The number of nitrogens with two attached hydrogens (primary N) is 1. The summed E-state index contributed by atoms with van der Waals surface area (Å²) in [5, 5.41) is 0. The predicted molar refractivity (Wildman–Crippen MR) is 71.9 cm³/mol. The fourth-order valence-electron chi connectivity index (χ4n) is 1.88. The molecule has 0 aromatic heterocycles. The topological polar surface area (TPSA) is 60.2 Å². The largest absolute Gasteiger partial charge is 0.320 e. The molecular weight excluding hydrogens is 284 g/mol. The van der Waals surface area contributed by atoms with E-state index in [2.05, 4.69) is 0 Å². The average Bonchev–Trinajstić information content (AvgIpc) is 2.40. The van der Waals surface area contributed by atoms with Gasteiger partial charge in [-0.05, 0) is 23.8 Å². The zero-order valence-electron chi connectivity index (χ0n) is 10.7. The Kier molecular flexibility index (Phi) is 3.87. The van der Waals surface area contributed by atoms with E-state index in [4.69, 9.17) is 5.73 Å². The van der Waals surface area contributed by atoms with Gasteiger partial charge in [0.15, 0.2) is 21.5 Å². The highest BCUT2D eigenvalue weighted by atomic mass is 32.2. The molecule has 106 valence electrons. The predicted octanol–water partition coefficient (Wildman–Crippen LogP) is 2.42. The molecule has 1 unspecified atom stereocenters. The summed E-state index contributed by atoms with van der Waals surface area (Å²) in [6, 6.07) is 8.67. The molecule has 0 amide bonds. The van der Waals surface area contributed by atoms with Crippen LogP contribution in [0.4, 0.5) is 8.78 Å². The highest BCUT2D eigenvalue weighted by Gasteiger charge is 2.18. The summed E-state index contributed by atoms with van der Waals surface area (Å²) >= 11 is 0. The summed E-state index contributed by atoms with van der Waals surface area (Å²) < 4.78 is 49.9. The van der Waals surface area contributed by atoms with E-state index in [0.717, 1.165) is 12.3 Å². The lowest BCUT2D eigenvalue weighted by Gasteiger charge is -2.14. The molecule has 0 bridgehead atoms. The van der Waals surface area contributed by atoms with E-state index in [1.165, 1.54) is 30.3 Å².